The van der Waals surface area contributed by atoms with Crippen LogP contribution in [0.15, 0.2) is 23.3 Å². The van der Waals surface area contributed by atoms with Crippen molar-refractivity contribution in [1.29, 1.82) is 5.26 Å². The number of azide groups is 1. The lowest BCUT2D eigenvalue weighted by atomic mass is 9.96. The predicted octanol–water partition coefficient (Wildman–Crippen LogP) is 1.96. The molecular formula is C12H14N4O2. The normalized spacial score (nSPS) is 13.2. The molecular weight excluding hydrogens is 232 g/mol. The summed E-state index contributed by atoms with van der Waals surface area (Å²) >= 11 is 0. The molecule has 0 amide bonds. The zero-order chi connectivity index (χ0) is 13.5. The van der Waals surface area contributed by atoms with Crippen molar-refractivity contribution in [2.75, 3.05) is 6.54 Å². The van der Waals surface area contributed by atoms with Gasteiger partial charge in [-0.2, -0.15) is 5.26 Å². The van der Waals surface area contributed by atoms with Gasteiger partial charge < -0.3 is 10.2 Å². The minimum atomic E-state index is -1.16. The molecule has 0 aliphatic heterocycles. The van der Waals surface area contributed by atoms with E-state index in [1.165, 1.54) is 0 Å². The molecule has 0 spiro atoms. The van der Waals surface area contributed by atoms with Crippen LogP contribution in [0.3, 0.4) is 0 Å². The topological polar surface area (TPSA) is 113 Å². The Hall–Kier alpha value is -2.06. The molecule has 0 aromatic heterocycles. The molecule has 1 aromatic rings. The fourth-order valence-corrected chi connectivity index (χ4v) is 1.63. The molecule has 0 aliphatic carbocycles. The summed E-state index contributed by atoms with van der Waals surface area (Å²) in [5.74, 6) is 0. The number of nitrogens with zero attached hydrogens (tertiary/aromatic N) is 4. The van der Waals surface area contributed by atoms with E-state index < -0.39 is 12.2 Å². The average Bonchev–Trinajstić information content (AvgIpc) is 2.38. The summed E-state index contributed by atoms with van der Waals surface area (Å²) in [4.78, 5) is 2.57. The highest BCUT2D eigenvalue weighted by molar-refractivity contribution is 5.41. The first-order chi connectivity index (χ1) is 8.60. The molecule has 1 rings (SSSR count). The predicted molar refractivity (Wildman–Crippen MR) is 65.5 cm³/mol. The number of rotatable bonds is 5. The van der Waals surface area contributed by atoms with Gasteiger partial charge in [0.15, 0.2) is 0 Å². The number of hydrogen-bond acceptors (Lipinski definition) is 4. The highest BCUT2D eigenvalue weighted by Gasteiger charge is 2.20. The Morgan fingerprint density at radius 1 is 1.50 bits per heavy atom. The van der Waals surface area contributed by atoms with Gasteiger partial charge in [0.2, 0.25) is 0 Å². The van der Waals surface area contributed by atoms with Crippen LogP contribution in [0.4, 0.5) is 0 Å². The van der Waals surface area contributed by atoms with E-state index in [2.05, 4.69) is 10.0 Å². The minimum absolute atomic E-state index is 0.0996. The van der Waals surface area contributed by atoms with E-state index in [1.54, 1.807) is 18.2 Å². The van der Waals surface area contributed by atoms with Crippen LogP contribution in [0.2, 0.25) is 0 Å². The lowest BCUT2D eigenvalue weighted by Crippen LogP contribution is -2.20. The molecule has 1 aromatic carbocycles. The van der Waals surface area contributed by atoms with Crippen LogP contribution in [0.1, 0.15) is 29.2 Å². The van der Waals surface area contributed by atoms with E-state index in [4.69, 9.17) is 10.8 Å². The van der Waals surface area contributed by atoms with Crippen molar-refractivity contribution in [2.24, 2.45) is 5.11 Å². The largest absolute Gasteiger partial charge is 0.390 e. The Morgan fingerprint density at radius 2 is 2.22 bits per heavy atom. The first kappa shape index (κ1) is 14.0. The first-order valence-corrected chi connectivity index (χ1v) is 5.47. The molecule has 6 heteroatoms. The van der Waals surface area contributed by atoms with E-state index in [1.807, 2.05) is 13.0 Å². The average molecular weight is 246 g/mol. The smallest absolute Gasteiger partial charge is 0.106 e. The standard InChI is InChI=1S/C12H14N4O2/c1-8-2-3-9(7-13)10(6-8)12(18)11(17)4-5-15-16-14/h2-3,6,11-12,17-18H,4-5H2,1H3. The second kappa shape index (κ2) is 6.62. The molecule has 18 heavy (non-hydrogen) atoms. The summed E-state index contributed by atoms with van der Waals surface area (Å²) in [5.41, 5.74) is 9.74. The van der Waals surface area contributed by atoms with E-state index in [0.29, 0.717) is 11.1 Å². The molecule has 0 heterocycles. The highest BCUT2D eigenvalue weighted by atomic mass is 16.3. The molecule has 2 N–H and O–H groups in total. The maximum atomic E-state index is 9.99. The van der Waals surface area contributed by atoms with Crippen molar-refractivity contribution < 1.29 is 10.2 Å². The SMILES string of the molecule is Cc1ccc(C#N)c(C(O)C(O)CCN=[N+]=[N-])c1. The lowest BCUT2D eigenvalue weighted by Gasteiger charge is -2.18. The molecule has 0 fully saturated rings. The Morgan fingerprint density at radius 3 is 2.83 bits per heavy atom. The van der Waals surface area contributed by atoms with Gasteiger partial charge >= 0.3 is 0 Å². The second-order valence-corrected chi connectivity index (χ2v) is 3.96. The molecule has 2 atom stereocenters. The van der Waals surface area contributed by atoms with Gasteiger partial charge in [-0.05, 0) is 24.9 Å². The van der Waals surface area contributed by atoms with E-state index in [9.17, 15) is 10.2 Å². The van der Waals surface area contributed by atoms with Crippen molar-refractivity contribution in [2.45, 2.75) is 25.6 Å². The molecule has 0 radical (unpaired) electrons. The number of aryl methyl sites for hydroxylation is 1. The van der Waals surface area contributed by atoms with Gasteiger partial charge in [0, 0.05) is 17.0 Å². The van der Waals surface area contributed by atoms with E-state index in [-0.39, 0.29) is 13.0 Å². The highest BCUT2D eigenvalue weighted by Crippen LogP contribution is 2.23. The van der Waals surface area contributed by atoms with Gasteiger partial charge in [-0.1, -0.05) is 22.8 Å². The van der Waals surface area contributed by atoms with Crippen molar-refractivity contribution >= 4 is 0 Å². The fraction of sp³-hybridized carbons (Fsp3) is 0.417. The van der Waals surface area contributed by atoms with Gasteiger partial charge in [-0.25, -0.2) is 0 Å². The molecule has 94 valence electrons. The third kappa shape index (κ3) is 3.47. The number of benzene rings is 1. The maximum Gasteiger partial charge on any atom is 0.106 e. The zero-order valence-electron chi connectivity index (χ0n) is 9.98. The number of aliphatic hydroxyl groups excluding tert-OH is 2. The Labute approximate surface area is 105 Å². The summed E-state index contributed by atoms with van der Waals surface area (Å²) in [5, 5.41) is 32.0. The van der Waals surface area contributed by atoms with Gasteiger partial charge in [0.1, 0.15) is 6.10 Å². The van der Waals surface area contributed by atoms with E-state index in [0.717, 1.165) is 5.56 Å². The van der Waals surface area contributed by atoms with Crippen molar-refractivity contribution in [3.05, 3.63) is 45.3 Å². The Balaban J connectivity index is 2.88. The zero-order valence-corrected chi connectivity index (χ0v) is 9.98. The van der Waals surface area contributed by atoms with Gasteiger partial charge in [0.25, 0.3) is 0 Å². The third-order valence-corrected chi connectivity index (χ3v) is 2.60. The van der Waals surface area contributed by atoms with Crippen LogP contribution in [0.25, 0.3) is 10.4 Å². The Kier molecular flexibility index (Phi) is 5.15. The molecule has 0 saturated carbocycles. The Bertz CT molecular complexity index is 503. The van der Waals surface area contributed by atoms with Crippen LogP contribution < -0.4 is 0 Å². The van der Waals surface area contributed by atoms with Crippen molar-refractivity contribution in [1.82, 2.24) is 0 Å². The molecule has 2 unspecified atom stereocenters. The molecule has 0 saturated heterocycles. The summed E-state index contributed by atoms with van der Waals surface area (Å²) in [6.45, 7) is 1.94. The maximum absolute atomic E-state index is 9.99. The molecule has 0 aliphatic rings. The summed E-state index contributed by atoms with van der Waals surface area (Å²) < 4.78 is 0. The lowest BCUT2D eigenvalue weighted by molar-refractivity contribution is 0.0148. The van der Waals surface area contributed by atoms with E-state index >= 15 is 0 Å². The molecule has 6 nitrogen and oxygen atoms in total. The van der Waals surface area contributed by atoms with Gasteiger partial charge in [-0.3, -0.25) is 0 Å². The van der Waals surface area contributed by atoms with Crippen molar-refractivity contribution in [3.8, 4) is 6.07 Å². The number of nitriles is 1. The second-order valence-electron chi connectivity index (χ2n) is 3.96. The van der Waals surface area contributed by atoms with Gasteiger partial charge in [0.05, 0.1) is 17.7 Å². The van der Waals surface area contributed by atoms with Crippen LogP contribution >= 0.6 is 0 Å². The monoisotopic (exact) mass is 246 g/mol. The summed E-state index contributed by atoms with van der Waals surface area (Å²) in [6, 6.07) is 7.01. The van der Waals surface area contributed by atoms with Crippen LogP contribution in [0.5, 0.6) is 0 Å². The first-order valence-electron chi connectivity index (χ1n) is 5.47. The van der Waals surface area contributed by atoms with Gasteiger partial charge in [-0.15, -0.1) is 0 Å². The van der Waals surface area contributed by atoms with Crippen LogP contribution in [0, 0.1) is 18.3 Å². The number of hydrogen-bond donors (Lipinski definition) is 2. The van der Waals surface area contributed by atoms with Crippen molar-refractivity contribution in [3.63, 3.8) is 0 Å². The summed E-state index contributed by atoms with van der Waals surface area (Å²) in [6.07, 6.45) is -2.08. The quantitative estimate of drug-likeness (QED) is 0.470. The summed E-state index contributed by atoms with van der Waals surface area (Å²) in [7, 11) is 0. The molecule has 0 bridgehead atoms. The fourth-order valence-electron chi connectivity index (χ4n) is 1.63. The minimum Gasteiger partial charge on any atom is -0.390 e. The third-order valence-electron chi connectivity index (χ3n) is 2.60. The van der Waals surface area contributed by atoms with Crippen LogP contribution in [-0.4, -0.2) is 22.9 Å². The number of aliphatic hydroxyl groups is 2. The van der Waals surface area contributed by atoms with Crippen LogP contribution in [-0.2, 0) is 0 Å².